The summed E-state index contributed by atoms with van der Waals surface area (Å²) >= 11 is 4.01. The molecule has 0 radical (unpaired) electrons. The third-order valence-corrected chi connectivity index (χ3v) is 5.78. The summed E-state index contributed by atoms with van der Waals surface area (Å²) < 4.78 is 5.26. The number of amides is 2. The molecule has 40 heavy (non-hydrogen) atoms. The normalized spacial score (nSPS) is 13.4. The molecule has 8 heteroatoms. The number of aliphatic hydroxyl groups is 1. The van der Waals surface area contributed by atoms with E-state index >= 15 is 0 Å². The SMILES string of the molecule is CCC=CCC=CCC=CCC=CCC=CCC=CCC(=O)OCC(C)(C)C(O)C(=O)NCCC(=O)NCCS. The first-order valence-corrected chi connectivity index (χ1v) is 14.8. The number of thiol groups is 1. The molecule has 0 bridgehead atoms. The summed E-state index contributed by atoms with van der Waals surface area (Å²) in [6, 6.07) is 0. The van der Waals surface area contributed by atoms with E-state index in [1.165, 1.54) is 0 Å². The lowest BCUT2D eigenvalue weighted by Crippen LogP contribution is -2.47. The van der Waals surface area contributed by atoms with E-state index in [2.05, 4.69) is 84.9 Å². The number of aliphatic hydroxyl groups excluding tert-OH is 1. The Morgan fingerprint density at radius 3 is 1.73 bits per heavy atom. The van der Waals surface area contributed by atoms with Crippen LogP contribution in [0.5, 0.6) is 0 Å². The Morgan fingerprint density at radius 1 is 0.775 bits per heavy atom. The number of hydrogen-bond donors (Lipinski definition) is 4. The summed E-state index contributed by atoms with van der Waals surface area (Å²) in [6.07, 6.45) is 29.5. The molecule has 224 valence electrons. The van der Waals surface area contributed by atoms with E-state index in [1.807, 2.05) is 12.2 Å². The first kappa shape index (κ1) is 37.2. The number of ether oxygens (including phenoxy) is 1. The molecule has 0 heterocycles. The third kappa shape index (κ3) is 22.0. The fourth-order valence-corrected chi connectivity index (χ4v) is 3.25. The van der Waals surface area contributed by atoms with Gasteiger partial charge in [0.05, 0.1) is 13.0 Å². The molecule has 0 aliphatic carbocycles. The van der Waals surface area contributed by atoms with Crippen LogP contribution in [-0.2, 0) is 19.1 Å². The van der Waals surface area contributed by atoms with Gasteiger partial charge >= 0.3 is 5.97 Å². The van der Waals surface area contributed by atoms with Crippen molar-refractivity contribution in [3.8, 4) is 0 Å². The van der Waals surface area contributed by atoms with Crippen molar-refractivity contribution < 1.29 is 24.2 Å². The minimum atomic E-state index is -1.38. The van der Waals surface area contributed by atoms with Crippen LogP contribution in [0.4, 0.5) is 0 Å². The standard InChI is InChI=1S/C32H50N2O5S/c1-4-5-6-7-8-9-10-11-12-13-14-15-16-17-18-19-20-21-22-29(36)39-27-32(2,3)30(37)31(38)34-24-23-28(35)33-25-26-40/h5-6,8-9,11-12,14-15,17-18,20-21,30,37,40H,4,7,10,13,16,19,22-27H2,1-3H3,(H,33,35)(H,34,38). The summed E-state index contributed by atoms with van der Waals surface area (Å²) in [4.78, 5) is 35.8. The molecule has 0 saturated carbocycles. The minimum absolute atomic E-state index is 0.104. The fourth-order valence-electron chi connectivity index (χ4n) is 3.14. The predicted octanol–water partition coefficient (Wildman–Crippen LogP) is 5.56. The highest BCUT2D eigenvalue weighted by Gasteiger charge is 2.34. The highest BCUT2D eigenvalue weighted by Crippen LogP contribution is 2.21. The van der Waals surface area contributed by atoms with E-state index in [-0.39, 0.29) is 31.9 Å². The van der Waals surface area contributed by atoms with Crippen molar-refractivity contribution in [3.63, 3.8) is 0 Å². The molecule has 0 spiro atoms. The zero-order valence-electron chi connectivity index (χ0n) is 24.5. The lowest BCUT2D eigenvalue weighted by atomic mass is 9.87. The second kappa shape index (κ2) is 25.1. The van der Waals surface area contributed by atoms with Gasteiger partial charge in [-0.15, -0.1) is 0 Å². The molecule has 0 saturated heterocycles. The molecule has 0 aromatic rings. The Bertz CT molecular complexity index is 888. The van der Waals surface area contributed by atoms with Crippen LogP contribution in [0.3, 0.4) is 0 Å². The minimum Gasteiger partial charge on any atom is -0.465 e. The van der Waals surface area contributed by atoms with Crippen molar-refractivity contribution in [1.29, 1.82) is 0 Å². The van der Waals surface area contributed by atoms with Crippen LogP contribution < -0.4 is 10.6 Å². The maximum absolute atomic E-state index is 12.2. The third-order valence-electron chi connectivity index (χ3n) is 5.56. The van der Waals surface area contributed by atoms with Crippen molar-refractivity contribution in [2.45, 2.75) is 78.2 Å². The topological polar surface area (TPSA) is 105 Å². The molecule has 0 fully saturated rings. The molecule has 0 aromatic carbocycles. The van der Waals surface area contributed by atoms with Crippen LogP contribution in [0.25, 0.3) is 0 Å². The van der Waals surface area contributed by atoms with Crippen LogP contribution in [0.1, 0.15) is 72.1 Å². The summed E-state index contributed by atoms with van der Waals surface area (Å²) in [5.74, 6) is -0.711. The predicted molar refractivity (Wildman–Crippen MR) is 168 cm³/mol. The second-order valence-corrected chi connectivity index (χ2v) is 10.2. The zero-order valence-corrected chi connectivity index (χ0v) is 25.4. The van der Waals surface area contributed by atoms with E-state index in [0.717, 1.165) is 38.5 Å². The van der Waals surface area contributed by atoms with Gasteiger partial charge in [-0.3, -0.25) is 14.4 Å². The Labute approximate surface area is 247 Å². The second-order valence-electron chi connectivity index (χ2n) is 9.79. The molecule has 0 aromatic heterocycles. The van der Waals surface area contributed by atoms with Gasteiger partial charge in [-0.1, -0.05) is 93.7 Å². The number of nitrogens with one attached hydrogen (secondary N) is 2. The van der Waals surface area contributed by atoms with Crippen molar-refractivity contribution in [2.75, 3.05) is 25.4 Å². The quantitative estimate of drug-likeness (QED) is 0.0770. The molecular formula is C32H50N2O5S. The Hall–Kier alpha value is -2.84. The van der Waals surface area contributed by atoms with Crippen LogP contribution in [0, 0.1) is 5.41 Å². The van der Waals surface area contributed by atoms with Crippen LogP contribution in [0.2, 0.25) is 0 Å². The number of carbonyl (C=O) groups is 3. The number of rotatable bonds is 22. The molecule has 1 atom stereocenters. The van der Waals surface area contributed by atoms with E-state index < -0.39 is 23.4 Å². The lowest BCUT2D eigenvalue weighted by Gasteiger charge is -2.28. The summed E-state index contributed by atoms with van der Waals surface area (Å²) in [5, 5.41) is 15.5. The highest BCUT2D eigenvalue weighted by atomic mass is 32.1. The summed E-state index contributed by atoms with van der Waals surface area (Å²) in [6.45, 7) is 5.87. The molecular weight excluding hydrogens is 524 g/mol. The van der Waals surface area contributed by atoms with E-state index in [4.69, 9.17) is 4.74 Å². The summed E-state index contributed by atoms with van der Waals surface area (Å²) in [7, 11) is 0. The van der Waals surface area contributed by atoms with E-state index in [9.17, 15) is 19.5 Å². The van der Waals surface area contributed by atoms with Gasteiger partial charge in [0.25, 0.3) is 0 Å². The lowest BCUT2D eigenvalue weighted by molar-refractivity contribution is -0.152. The number of hydrogen-bond acceptors (Lipinski definition) is 6. The molecule has 0 rings (SSSR count). The first-order valence-electron chi connectivity index (χ1n) is 14.1. The van der Waals surface area contributed by atoms with Crippen molar-refractivity contribution >= 4 is 30.4 Å². The highest BCUT2D eigenvalue weighted by molar-refractivity contribution is 7.80. The molecule has 7 nitrogen and oxygen atoms in total. The maximum Gasteiger partial charge on any atom is 0.309 e. The van der Waals surface area contributed by atoms with Gasteiger partial charge in [-0.2, -0.15) is 12.6 Å². The Balaban J connectivity index is 4.03. The van der Waals surface area contributed by atoms with Gasteiger partial charge in [-0.25, -0.2) is 0 Å². The molecule has 0 aliphatic rings. The van der Waals surface area contributed by atoms with Crippen LogP contribution in [-0.4, -0.2) is 54.4 Å². The van der Waals surface area contributed by atoms with Crippen molar-refractivity contribution in [1.82, 2.24) is 10.6 Å². The Kier molecular flexibility index (Phi) is 23.4. The largest absolute Gasteiger partial charge is 0.465 e. The van der Waals surface area contributed by atoms with Crippen LogP contribution >= 0.6 is 12.6 Å². The first-order chi connectivity index (χ1) is 19.2. The van der Waals surface area contributed by atoms with Crippen molar-refractivity contribution in [3.05, 3.63) is 72.9 Å². The molecule has 3 N–H and O–H groups in total. The van der Waals surface area contributed by atoms with Gasteiger partial charge in [0.1, 0.15) is 6.10 Å². The van der Waals surface area contributed by atoms with E-state index in [1.54, 1.807) is 19.9 Å². The number of carbonyl (C=O) groups excluding carboxylic acids is 3. The van der Waals surface area contributed by atoms with Crippen molar-refractivity contribution in [2.24, 2.45) is 5.41 Å². The van der Waals surface area contributed by atoms with Gasteiger partial charge in [0, 0.05) is 30.7 Å². The van der Waals surface area contributed by atoms with E-state index in [0.29, 0.717) is 12.3 Å². The molecule has 0 aliphatic heterocycles. The average molecular weight is 575 g/mol. The van der Waals surface area contributed by atoms with Crippen LogP contribution in [0.15, 0.2) is 72.9 Å². The van der Waals surface area contributed by atoms with Gasteiger partial charge < -0.3 is 20.5 Å². The fraction of sp³-hybridized carbons (Fsp3) is 0.531. The van der Waals surface area contributed by atoms with Gasteiger partial charge in [0.2, 0.25) is 11.8 Å². The Morgan fingerprint density at radius 2 is 1.25 bits per heavy atom. The molecule has 1 unspecified atom stereocenters. The smallest absolute Gasteiger partial charge is 0.309 e. The monoisotopic (exact) mass is 574 g/mol. The zero-order chi connectivity index (χ0) is 29.9. The summed E-state index contributed by atoms with van der Waals surface area (Å²) in [5.41, 5.74) is -0.980. The average Bonchev–Trinajstić information content (AvgIpc) is 2.93. The molecule has 2 amide bonds. The van der Waals surface area contributed by atoms with Gasteiger partial charge in [0.15, 0.2) is 0 Å². The maximum atomic E-state index is 12.2. The number of allylic oxidation sites excluding steroid dienone is 11. The van der Waals surface area contributed by atoms with Gasteiger partial charge in [-0.05, 0) is 38.5 Å². The number of esters is 1.